The normalized spacial score (nSPS) is 14.0. The molecule has 3 amide bonds. The van der Waals surface area contributed by atoms with E-state index in [-0.39, 0.29) is 17.9 Å². The van der Waals surface area contributed by atoms with Gasteiger partial charge in [0.05, 0.1) is 0 Å². The van der Waals surface area contributed by atoms with Crippen molar-refractivity contribution < 1.29 is 19.1 Å². The van der Waals surface area contributed by atoms with Crippen molar-refractivity contribution in [2.75, 3.05) is 6.54 Å². The topological polar surface area (TPSA) is 87.7 Å². The summed E-state index contributed by atoms with van der Waals surface area (Å²) in [7, 11) is 0. The van der Waals surface area contributed by atoms with Crippen molar-refractivity contribution in [3.8, 4) is 0 Å². The fourth-order valence-corrected chi connectivity index (χ4v) is 4.42. The third-order valence-corrected chi connectivity index (χ3v) is 6.42. The molecule has 210 valence electrons. The molecule has 7 nitrogen and oxygen atoms in total. The summed E-state index contributed by atoms with van der Waals surface area (Å²) in [5.74, 6) is -0.0422. The molecule has 3 atom stereocenters. The van der Waals surface area contributed by atoms with Crippen LogP contribution in [0.15, 0.2) is 18.2 Å². The van der Waals surface area contributed by atoms with E-state index in [0.29, 0.717) is 12.5 Å². The first-order chi connectivity index (χ1) is 17.2. The van der Waals surface area contributed by atoms with E-state index in [1.165, 1.54) is 0 Å². The molecule has 0 aliphatic carbocycles. The number of ether oxygens (including phenoxy) is 1. The zero-order chi connectivity index (χ0) is 28.3. The predicted octanol–water partition coefficient (Wildman–Crippen LogP) is 6.22. The number of hydrogen-bond donors (Lipinski definition) is 2. The number of rotatable bonds is 13. The van der Waals surface area contributed by atoms with Crippen LogP contribution in [-0.4, -0.2) is 47.0 Å². The maximum absolute atomic E-state index is 14.0. The minimum atomic E-state index is -0.865. The molecule has 0 aromatic heterocycles. The highest BCUT2D eigenvalue weighted by Gasteiger charge is 2.38. The van der Waals surface area contributed by atoms with Gasteiger partial charge in [-0.2, -0.15) is 0 Å². The fourth-order valence-electron chi connectivity index (χ4n) is 4.42. The summed E-state index contributed by atoms with van der Waals surface area (Å²) in [6.07, 6.45) is 3.97. The second-order valence-corrected chi connectivity index (χ2v) is 11.6. The monoisotopic (exact) mass is 517 g/mol. The van der Waals surface area contributed by atoms with E-state index in [1.54, 1.807) is 32.6 Å². The van der Waals surface area contributed by atoms with Crippen LogP contribution in [0.25, 0.3) is 0 Å². The molecule has 0 aliphatic heterocycles. The molecule has 0 saturated carbocycles. The van der Waals surface area contributed by atoms with Crippen molar-refractivity contribution in [2.24, 2.45) is 5.92 Å². The van der Waals surface area contributed by atoms with E-state index >= 15 is 0 Å². The second-order valence-electron chi connectivity index (χ2n) is 11.6. The Kier molecular flexibility index (Phi) is 13.2. The molecular formula is C30H51N3O4. The minimum Gasteiger partial charge on any atom is -0.444 e. The number of alkyl carbamates (subject to hydrolysis) is 1. The molecule has 2 N–H and O–H groups in total. The third kappa shape index (κ3) is 10.7. The smallest absolute Gasteiger partial charge is 0.408 e. The van der Waals surface area contributed by atoms with Crippen LogP contribution in [0.2, 0.25) is 0 Å². The maximum atomic E-state index is 14.0. The van der Waals surface area contributed by atoms with Crippen molar-refractivity contribution in [1.82, 2.24) is 15.5 Å². The van der Waals surface area contributed by atoms with Crippen LogP contribution < -0.4 is 10.6 Å². The number of hydrogen-bond acceptors (Lipinski definition) is 4. The first-order valence-corrected chi connectivity index (χ1v) is 13.8. The number of carbonyl (C=O) groups excluding carboxylic acids is 3. The molecule has 1 aromatic carbocycles. The lowest BCUT2D eigenvalue weighted by Gasteiger charge is -2.39. The number of benzene rings is 1. The van der Waals surface area contributed by atoms with Gasteiger partial charge >= 0.3 is 6.09 Å². The van der Waals surface area contributed by atoms with Gasteiger partial charge in [-0.1, -0.05) is 51.8 Å². The lowest BCUT2D eigenvalue weighted by atomic mass is 9.91. The summed E-state index contributed by atoms with van der Waals surface area (Å²) in [6.45, 7) is 19.9. The lowest BCUT2D eigenvalue weighted by molar-refractivity contribution is -0.145. The number of nitrogens with one attached hydrogen (secondary N) is 2. The average molecular weight is 518 g/mol. The zero-order valence-electron chi connectivity index (χ0n) is 24.9. The largest absolute Gasteiger partial charge is 0.444 e. The zero-order valence-corrected chi connectivity index (χ0v) is 24.9. The Morgan fingerprint density at radius 1 is 0.973 bits per heavy atom. The van der Waals surface area contributed by atoms with Crippen molar-refractivity contribution in [1.29, 1.82) is 0 Å². The van der Waals surface area contributed by atoms with Crippen LogP contribution in [0.1, 0.15) is 110 Å². The number of unbranched alkanes of at least 4 members (excludes halogenated alkanes) is 2. The van der Waals surface area contributed by atoms with Gasteiger partial charge in [-0.3, -0.25) is 9.59 Å². The van der Waals surface area contributed by atoms with Gasteiger partial charge in [0, 0.05) is 12.6 Å². The van der Waals surface area contributed by atoms with E-state index in [0.717, 1.165) is 48.8 Å². The summed E-state index contributed by atoms with van der Waals surface area (Å²) in [5, 5.41) is 5.78. The summed E-state index contributed by atoms with van der Waals surface area (Å²) in [4.78, 5) is 42.0. The predicted molar refractivity (Wildman–Crippen MR) is 150 cm³/mol. The molecule has 3 unspecified atom stereocenters. The van der Waals surface area contributed by atoms with Gasteiger partial charge in [-0.25, -0.2) is 4.79 Å². The number of amides is 3. The van der Waals surface area contributed by atoms with Crippen LogP contribution in [0, 0.1) is 19.8 Å². The third-order valence-electron chi connectivity index (χ3n) is 6.42. The van der Waals surface area contributed by atoms with Gasteiger partial charge in [0.25, 0.3) is 0 Å². The lowest BCUT2D eigenvalue weighted by Crippen LogP contribution is -2.55. The van der Waals surface area contributed by atoms with Crippen LogP contribution >= 0.6 is 0 Å². The Morgan fingerprint density at radius 3 is 2.08 bits per heavy atom. The summed E-state index contributed by atoms with van der Waals surface area (Å²) in [6, 6.07) is 4.03. The summed E-state index contributed by atoms with van der Waals surface area (Å²) >= 11 is 0. The van der Waals surface area contributed by atoms with Gasteiger partial charge < -0.3 is 20.3 Å². The van der Waals surface area contributed by atoms with Crippen LogP contribution in [-0.2, 0) is 14.3 Å². The molecule has 0 spiro atoms. The minimum absolute atomic E-state index is 0.192. The molecule has 0 aliphatic rings. The molecule has 1 aromatic rings. The van der Waals surface area contributed by atoms with Crippen molar-refractivity contribution in [2.45, 2.75) is 125 Å². The highest BCUT2D eigenvalue weighted by atomic mass is 16.6. The van der Waals surface area contributed by atoms with E-state index in [9.17, 15) is 14.4 Å². The van der Waals surface area contributed by atoms with Crippen LogP contribution in [0.4, 0.5) is 4.79 Å². The number of nitrogens with zero attached hydrogens (tertiary/aromatic N) is 1. The molecule has 0 bridgehead atoms. The molecular weight excluding hydrogens is 466 g/mol. The van der Waals surface area contributed by atoms with E-state index < -0.39 is 23.8 Å². The highest BCUT2D eigenvalue weighted by Crippen LogP contribution is 2.31. The van der Waals surface area contributed by atoms with E-state index in [4.69, 9.17) is 4.74 Å². The molecule has 1 rings (SSSR count). The quantitative estimate of drug-likeness (QED) is 0.304. The number of aryl methyl sites for hydroxylation is 2. The Labute approximate surface area is 225 Å². The molecule has 7 heteroatoms. The van der Waals surface area contributed by atoms with Crippen molar-refractivity contribution in [3.63, 3.8) is 0 Å². The number of carbonyl (C=O) groups is 3. The molecule has 0 fully saturated rings. The van der Waals surface area contributed by atoms with Crippen LogP contribution in [0.3, 0.4) is 0 Å². The van der Waals surface area contributed by atoms with Crippen molar-refractivity contribution in [3.05, 3.63) is 34.9 Å². The standard InChI is InChI=1S/C30H51N3O4/c1-11-12-13-19-31-27(34)26(25-21(4)15-14-16-22(25)5)33(23(6)18-17-20(2)3)28(35)24(7)32-29(36)37-30(8,9)10/h14-16,20,23-24,26H,11-13,17-19H2,1-10H3,(H,31,34)(H,32,36). The fraction of sp³-hybridized carbons (Fsp3) is 0.700. The highest BCUT2D eigenvalue weighted by molar-refractivity contribution is 5.92. The summed E-state index contributed by atoms with van der Waals surface area (Å²) in [5.41, 5.74) is 2.06. The van der Waals surface area contributed by atoms with E-state index in [1.807, 2.05) is 39.0 Å². The van der Waals surface area contributed by atoms with Gasteiger partial charge in [0.1, 0.15) is 17.7 Å². The Balaban J connectivity index is 3.49. The average Bonchev–Trinajstić information content (AvgIpc) is 2.77. The molecule has 0 heterocycles. The Morgan fingerprint density at radius 2 is 1.57 bits per heavy atom. The van der Waals surface area contributed by atoms with Gasteiger partial charge in [-0.05, 0) is 90.3 Å². The SMILES string of the molecule is CCCCCNC(=O)C(c1c(C)cccc1C)N(C(=O)C(C)NC(=O)OC(C)(C)C)C(C)CCC(C)C. The van der Waals surface area contributed by atoms with Crippen LogP contribution in [0.5, 0.6) is 0 Å². The first-order valence-electron chi connectivity index (χ1n) is 13.8. The maximum Gasteiger partial charge on any atom is 0.408 e. The Hall–Kier alpha value is -2.57. The van der Waals surface area contributed by atoms with Gasteiger partial charge in [0.2, 0.25) is 11.8 Å². The van der Waals surface area contributed by atoms with Gasteiger partial charge in [0.15, 0.2) is 0 Å². The van der Waals surface area contributed by atoms with Crippen molar-refractivity contribution >= 4 is 17.9 Å². The Bertz CT molecular complexity index is 871. The second kappa shape index (κ2) is 15.0. The molecule has 37 heavy (non-hydrogen) atoms. The molecule has 0 saturated heterocycles. The first kappa shape index (κ1) is 32.5. The van der Waals surface area contributed by atoms with E-state index in [2.05, 4.69) is 31.4 Å². The van der Waals surface area contributed by atoms with Gasteiger partial charge in [-0.15, -0.1) is 0 Å². The summed E-state index contributed by atoms with van der Waals surface area (Å²) < 4.78 is 5.38. The molecule has 0 radical (unpaired) electrons.